The molecule has 0 fully saturated rings. The molecule has 1 aromatic rings. The molecule has 3 N–H and O–H groups in total. The Kier molecular flexibility index (Phi) is 5.28. The number of thiazole rings is 1. The van der Waals surface area contributed by atoms with Crippen LogP contribution in [0.5, 0.6) is 0 Å². The molecule has 0 aromatic carbocycles. The number of rotatable bonds is 5. The molecule has 0 aliphatic carbocycles. The van der Waals surface area contributed by atoms with Crippen LogP contribution >= 0.6 is 11.3 Å². The van der Waals surface area contributed by atoms with Gasteiger partial charge in [-0.2, -0.15) is 0 Å². The maximum atomic E-state index is 12.0. The summed E-state index contributed by atoms with van der Waals surface area (Å²) in [5.74, 6) is 0.115. The number of carbonyl (C=O) groups is 1. The van der Waals surface area contributed by atoms with Crippen LogP contribution in [0.2, 0.25) is 0 Å². The number of nitrogens with one attached hydrogen (secondary N) is 1. The minimum Gasteiger partial charge on any atom is -0.347 e. The van der Waals surface area contributed by atoms with Crippen molar-refractivity contribution < 1.29 is 4.79 Å². The van der Waals surface area contributed by atoms with E-state index in [1.54, 1.807) is 11.3 Å². The molecule has 0 saturated carbocycles. The summed E-state index contributed by atoms with van der Waals surface area (Å²) in [6.07, 6.45) is 0.904. The third kappa shape index (κ3) is 3.53. The van der Waals surface area contributed by atoms with Crippen molar-refractivity contribution in [1.29, 1.82) is 0 Å². The molecule has 0 saturated heterocycles. The number of hydrogen-bond acceptors (Lipinski definition) is 4. The molecule has 1 amide bonds. The van der Waals surface area contributed by atoms with Crippen LogP contribution in [0.15, 0.2) is 0 Å². The molecule has 3 unspecified atom stereocenters. The Hall–Kier alpha value is -0.940. The van der Waals surface area contributed by atoms with E-state index in [4.69, 9.17) is 5.73 Å². The first-order chi connectivity index (χ1) is 8.36. The van der Waals surface area contributed by atoms with E-state index < -0.39 is 6.04 Å². The molecule has 1 heterocycles. The van der Waals surface area contributed by atoms with E-state index in [0.29, 0.717) is 0 Å². The Morgan fingerprint density at radius 3 is 2.50 bits per heavy atom. The maximum Gasteiger partial charge on any atom is 0.237 e. The molecule has 3 atom stereocenters. The Morgan fingerprint density at radius 1 is 1.44 bits per heavy atom. The van der Waals surface area contributed by atoms with Gasteiger partial charge >= 0.3 is 0 Å². The standard InChI is InChI=1S/C13H23N3OS/c1-6-7(2)11(14)13(17)16-9(4)12-8(3)15-10(5)18-12/h7,9,11H,6,14H2,1-5H3,(H,16,17). The van der Waals surface area contributed by atoms with E-state index in [0.717, 1.165) is 22.0 Å². The molecule has 5 heteroatoms. The van der Waals surface area contributed by atoms with Crippen molar-refractivity contribution in [2.24, 2.45) is 11.7 Å². The quantitative estimate of drug-likeness (QED) is 0.862. The van der Waals surface area contributed by atoms with E-state index in [-0.39, 0.29) is 17.9 Å². The van der Waals surface area contributed by atoms with Gasteiger partial charge in [-0.05, 0) is 26.7 Å². The first-order valence-corrected chi connectivity index (χ1v) is 7.18. The van der Waals surface area contributed by atoms with E-state index >= 15 is 0 Å². The lowest BCUT2D eigenvalue weighted by molar-refractivity contribution is -0.124. The number of aryl methyl sites for hydroxylation is 2. The Bertz CT molecular complexity index is 416. The third-order valence-electron chi connectivity index (χ3n) is 3.25. The lowest BCUT2D eigenvalue weighted by atomic mass is 9.99. The highest BCUT2D eigenvalue weighted by Gasteiger charge is 2.22. The van der Waals surface area contributed by atoms with Crippen molar-refractivity contribution in [3.05, 3.63) is 15.6 Å². The second kappa shape index (κ2) is 6.29. The van der Waals surface area contributed by atoms with Crippen molar-refractivity contribution in [1.82, 2.24) is 10.3 Å². The normalized spacial score (nSPS) is 16.1. The van der Waals surface area contributed by atoms with Gasteiger partial charge in [-0.15, -0.1) is 11.3 Å². The average molecular weight is 269 g/mol. The van der Waals surface area contributed by atoms with Crippen LogP contribution in [0.25, 0.3) is 0 Å². The lowest BCUT2D eigenvalue weighted by Crippen LogP contribution is -2.45. The number of nitrogens with zero attached hydrogens (tertiary/aromatic N) is 1. The van der Waals surface area contributed by atoms with Gasteiger partial charge in [0.15, 0.2) is 0 Å². The Balaban J connectivity index is 2.67. The Labute approximate surface area is 113 Å². The van der Waals surface area contributed by atoms with Crippen molar-refractivity contribution in [3.63, 3.8) is 0 Å². The van der Waals surface area contributed by atoms with Gasteiger partial charge in [0.25, 0.3) is 0 Å². The summed E-state index contributed by atoms with van der Waals surface area (Å²) in [5.41, 5.74) is 6.90. The second-order valence-electron chi connectivity index (χ2n) is 4.82. The third-order valence-corrected chi connectivity index (χ3v) is 4.51. The monoisotopic (exact) mass is 269 g/mol. The number of nitrogens with two attached hydrogens (primary N) is 1. The summed E-state index contributed by atoms with van der Waals surface area (Å²) in [4.78, 5) is 17.5. The lowest BCUT2D eigenvalue weighted by Gasteiger charge is -2.20. The zero-order chi connectivity index (χ0) is 13.9. The summed E-state index contributed by atoms with van der Waals surface area (Å²) in [6.45, 7) is 9.95. The van der Waals surface area contributed by atoms with Crippen LogP contribution in [0.4, 0.5) is 0 Å². The summed E-state index contributed by atoms with van der Waals surface area (Å²) >= 11 is 1.62. The number of hydrogen-bond donors (Lipinski definition) is 2. The largest absolute Gasteiger partial charge is 0.347 e. The zero-order valence-corrected chi connectivity index (χ0v) is 12.6. The average Bonchev–Trinajstić information content (AvgIpc) is 2.66. The Morgan fingerprint density at radius 2 is 2.06 bits per heavy atom. The van der Waals surface area contributed by atoms with Gasteiger partial charge in [-0.1, -0.05) is 20.3 Å². The second-order valence-corrected chi connectivity index (χ2v) is 6.06. The fraction of sp³-hybridized carbons (Fsp3) is 0.692. The fourth-order valence-corrected chi connectivity index (χ4v) is 2.77. The van der Waals surface area contributed by atoms with E-state index in [2.05, 4.69) is 10.3 Å². The summed E-state index contributed by atoms with van der Waals surface area (Å²) < 4.78 is 0. The minimum atomic E-state index is -0.438. The predicted octanol–water partition coefficient (Wildman–Crippen LogP) is 2.31. The van der Waals surface area contributed by atoms with Crippen LogP contribution < -0.4 is 11.1 Å². The molecule has 1 aromatic heterocycles. The molecule has 18 heavy (non-hydrogen) atoms. The minimum absolute atomic E-state index is 0.0289. The molecule has 0 aliphatic heterocycles. The predicted molar refractivity (Wildman–Crippen MR) is 75.6 cm³/mol. The highest BCUT2D eigenvalue weighted by molar-refractivity contribution is 7.11. The van der Waals surface area contributed by atoms with Gasteiger partial charge in [0.1, 0.15) is 0 Å². The number of carbonyl (C=O) groups excluding carboxylic acids is 1. The number of amides is 1. The highest BCUT2D eigenvalue weighted by atomic mass is 32.1. The molecule has 0 radical (unpaired) electrons. The van der Waals surface area contributed by atoms with Gasteiger partial charge in [0, 0.05) is 4.88 Å². The van der Waals surface area contributed by atoms with Gasteiger partial charge in [-0.25, -0.2) is 4.98 Å². The molecular formula is C13H23N3OS. The molecule has 0 bridgehead atoms. The van der Waals surface area contributed by atoms with Crippen LogP contribution in [0.3, 0.4) is 0 Å². The van der Waals surface area contributed by atoms with Crippen molar-refractivity contribution >= 4 is 17.2 Å². The molecule has 0 aliphatic rings. The smallest absolute Gasteiger partial charge is 0.237 e. The first kappa shape index (κ1) is 15.1. The van der Waals surface area contributed by atoms with Crippen molar-refractivity contribution in [2.75, 3.05) is 0 Å². The topological polar surface area (TPSA) is 68.0 Å². The van der Waals surface area contributed by atoms with Gasteiger partial charge in [-0.3, -0.25) is 4.79 Å². The number of aromatic nitrogens is 1. The summed E-state index contributed by atoms with van der Waals surface area (Å²) in [5, 5.41) is 3.99. The van der Waals surface area contributed by atoms with Crippen LogP contribution in [0.1, 0.15) is 48.8 Å². The maximum absolute atomic E-state index is 12.0. The van der Waals surface area contributed by atoms with E-state index in [1.165, 1.54) is 0 Å². The van der Waals surface area contributed by atoms with E-state index in [1.807, 2.05) is 34.6 Å². The van der Waals surface area contributed by atoms with Crippen LogP contribution in [-0.4, -0.2) is 16.9 Å². The SMILES string of the molecule is CCC(C)C(N)C(=O)NC(C)c1sc(C)nc1C. The summed E-state index contributed by atoms with van der Waals surface area (Å²) in [7, 11) is 0. The van der Waals surface area contributed by atoms with Crippen LogP contribution in [-0.2, 0) is 4.79 Å². The van der Waals surface area contributed by atoms with Gasteiger partial charge in [0.2, 0.25) is 5.91 Å². The fourth-order valence-electron chi connectivity index (χ4n) is 1.84. The van der Waals surface area contributed by atoms with Gasteiger partial charge < -0.3 is 11.1 Å². The van der Waals surface area contributed by atoms with Crippen molar-refractivity contribution in [3.8, 4) is 0 Å². The molecule has 0 spiro atoms. The molecule has 4 nitrogen and oxygen atoms in total. The molecule has 1 rings (SSSR count). The van der Waals surface area contributed by atoms with Gasteiger partial charge in [0.05, 0.1) is 22.8 Å². The first-order valence-electron chi connectivity index (χ1n) is 6.36. The molecule has 102 valence electrons. The van der Waals surface area contributed by atoms with Crippen LogP contribution in [0, 0.1) is 19.8 Å². The van der Waals surface area contributed by atoms with E-state index in [9.17, 15) is 4.79 Å². The zero-order valence-electron chi connectivity index (χ0n) is 11.8. The molecular weight excluding hydrogens is 246 g/mol. The van der Waals surface area contributed by atoms with Crippen molar-refractivity contribution in [2.45, 2.75) is 53.1 Å². The summed E-state index contributed by atoms with van der Waals surface area (Å²) in [6, 6.07) is -0.467. The highest BCUT2D eigenvalue weighted by Crippen LogP contribution is 2.24.